The van der Waals surface area contributed by atoms with Crippen molar-refractivity contribution in [3.05, 3.63) is 24.0 Å². The molecule has 0 radical (unpaired) electrons. The maximum atomic E-state index is 9.48. The fourth-order valence-corrected chi connectivity index (χ4v) is 1.96. The monoisotopic (exact) mass is 180 g/mol. The van der Waals surface area contributed by atoms with Crippen molar-refractivity contribution in [2.24, 2.45) is 11.8 Å². The summed E-state index contributed by atoms with van der Waals surface area (Å²) >= 11 is 0. The van der Waals surface area contributed by atoms with Gasteiger partial charge in [0.05, 0.1) is 6.10 Å². The van der Waals surface area contributed by atoms with E-state index in [0.29, 0.717) is 17.9 Å². The van der Waals surface area contributed by atoms with E-state index in [1.54, 1.807) is 0 Å². The molecule has 2 heteroatoms. The summed E-state index contributed by atoms with van der Waals surface area (Å²) in [7, 11) is 0. The number of hydrogen-bond acceptors (Lipinski definition) is 2. The standard InChI is InChI=1S/C11H16O2/c1-3-10-11(13-10)8-4-5-9(12)7(2)6-8/h3-5,7-9,11-12H,6H2,1-2H3/b10-3+. The van der Waals surface area contributed by atoms with E-state index in [0.717, 1.165) is 12.2 Å². The molecule has 2 aliphatic rings. The van der Waals surface area contributed by atoms with Gasteiger partial charge in [-0.2, -0.15) is 0 Å². The zero-order valence-corrected chi connectivity index (χ0v) is 8.10. The molecular formula is C11H16O2. The van der Waals surface area contributed by atoms with Crippen LogP contribution in [0.1, 0.15) is 20.3 Å². The van der Waals surface area contributed by atoms with Gasteiger partial charge >= 0.3 is 0 Å². The van der Waals surface area contributed by atoms with Gasteiger partial charge in [0.25, 0.3) is 0 Å². The first kappa shape index (κ1) is 8.82. The average Bonchev–Trinajstić information content (AvgIpc) is 2.88. The third-order valence-corrected chi connectivity index (χ3v) is 2.94. The number of rotatable bonds is 1. The summed E-state index contributed by atoms with van der Waals surface area (Å²) in [5.41, 5.74) is 0. The Morgan fingerprint density at radius 2 is 2.31 bits per heavy atom. The first-order valence-corrected chi connectivity index (χ1v) is 4.91. The highest BCUT2D eigenvalue weighted by molar-refractivity contribution is 5.20. The quantitative estimate of drug-likeness (QED) is 0.493. The van der Waals surface area contributed by atoms with Crippen LogP contribution in [0.15, 0.2) is 24.0 Å². The Hall–Kier alpha value is -0.760. The highest BCUT2D eigenvalue weighted by Crippen LogP contribution is 2.39. The Morgan fingerprint density at radius 1 is 1.54 bits per heavy atom. The molecule has 1 aliphatic heterocycles. The van der Waals surface area contributed by atoms with Crippen LogP contribution in [0.25, 0.3) is 0 Å². The number of epoxide rings is 1. The van der Waals surface area contributed by atoms with Crippen molar-refractivity contribution in [1.82, 2.24) is 0 Å². The molecule has 1 aliphatic carbocycles. The topological polar surface area (TPSA) is 32.8 Å². The van der Waals surface area contributed by atoms with Crippen molar-refractivity contribution in [1.29, 1.82) is 0 Å². The van der Waals surface area contributed by atoms with Crippen molar-refractivity contribution < 1.29 is 9.84 Å². The van der Waals surface area contributed by atoms with Crippen LogP contribution in [0.5, 0.6) is 0 Å². The summed E-state index contributed by atoms with van der Waals surface area (Å²) in [6.07, 6.45) is 7.08. The van der Waals surface area contributed by atoms with E-state index in [9.17, 15) is 5.11 Å². The van der Waals surface area contributed by atoms with Crippen molar-refractivity contribution >= 4 is 0 Å². The molecule has 4 atom stereocenters. The van der Waals surface area contributed by atoms with Gasteiger partial charge in [0.2, 0.25) is 0 Å². The van der Waals surface area contributed by atoms with Gasteiger partial charge in [-0.3, -0.25) is 0 Å². The second-order valence-corrected chi connectivity index (χ2v) is 3.98. The van der Waals surface area contributed by atoms with Crippen LogP contribution < -0.4 is 0 Å². The van der Waals surface area contributed by atoms with Gasteiger partial charge in [0.15, 0.2) is 6.10 Å². The van der Waals surface area contributed by atoms with Crippen LogP contribution in [-0.4, -0.2) is 17.3 Å². The molecular weight excluding hydrogens is 164 g/mol. The summed E-state index contributed by atoms with van der Waals surface area (Å²) in [5, 5.41) is 9.48. The van der Waals surface area contributed by atoms with Gasteiger partial charge in [-0.1, -0.05) is 19.1 Å². The zero-order chi connectivity index (χ0) is 9.42. The van der Waals surface area contributed by atoms with Crippen LogP contribution in [-0.2, 0) is 4.74 Å². The smallest absolute Gasteiger partial charge is 0.161 e. The van der Waals surface area contributed by atoms with E-state index in [4.69, 9.17) is 4.74 Å². The van der Waals surface area contributed by atoms with Gasteiger partial charge in [-0.05, 0) is 25.3 Å². The van der Waals surface area contributed by atoms with E-state index >= 15 is 0 Å². The molecule has 2 rings (SSSR count). The molecule has 0 aromatic rings. The van der Waals surface area contributed by atoms with Crippen LogP contribution in [0.4, 0.5) is 0 Å². The summed E-state index contributed by atoms with van der Waals surface area (Å²) in [4.78, 5) is 0. The minimum Gasteiger partial charge on any atom is -0.483 e. The molecule has 0 aromatic heterocycles. The SMILES string of the molecule is C/C=C1/OC1C1C=CC(O)C(C)C1. The predicted octanol–water partition coefficient (Wildman–Crippen LogP) is 1.86. The molecule has 2 nitrogen and oxygen atoms in total. The summed E-state index contributed by atoms with van der Waals surface area (Å²) in [5.74, 6) is 1.94. The number of aliphatic hydroxyl groups is 1. The average molecular weight is 180 g/mol. The minimum atomic E-state index is -0.260. The molecule has 1 fully saturated rings. The Morgan fingerprint density at radius 3 is 2.85 bits per heavy atom. The van der Waals surface area contributed by atoms with Gasteiger partial charge < -0.3 is 9.84 Å². The lowest BCUT2D eigenvalue weighted by Gasteiger charge is -2.24. The Kier molecular flexibility index (Phi) is 2.16. The molecule has 0 amide bonds. The first-order chi connectivity index (χ1) is 6.22. The lowest BCUT2D eigenvalue weighted by molar-refractivity contribution is 0.133. The largest absolute Gasteiger partial charge is 0.483 e. The van der Waals surface area contributed by atoms with Crippen LogP contribution >= 0.6 is 0 Å². The molecule has 0 bridgehead atoms. The van der Waals surface area contributed by atoms with Crippen molar-refractivity contribution in [3.63, 3.8) is 0 Å². The number of hydrogen-bond donors (Lipinski definition) is 1. The van der Waals surface area contributed by atoms with Gasteiger partial charge in [-0.15, -0.1) is 0 Å². The molecule has 1 N–H and O–H groups in total. The zero-order valence-electron chi connectivity index (χ0n) is 8.10. The van der Waals surface area contributed by atoms with Gasteiger partial charge in [0, 0.05) is 5.92 Å². The second kappa shape index (κ2) is 3.18. The van der Waals surface area contributed by atoms with Gasteiger partial charge in [0.1, 0.15) is 5.76 Å². The molecule has 0 saturated carbocycles. The summed E-state index contributed by atoms with van der Waals surface area (Å²) in [6.45, 7) is 4.08. The number of allylic oxidation sites excluding steroid dienone is 1. The minimum absolute atomic E-state index is 0.260. The van der Waals surface area contributed by atoms with Crippen LogP contribution in [0.2, 0.25) is 0 Å². The molecule has 0 aromatic carbocycles. The highest BCUT2D eigenvalue weighted by Gasteiger charge is 2.40. The molecule has 4 unspecified atom stereocenters. The number of ether oxygens (including phenoxy) is 1. The molecule has 1 saturated heterocycles. The fourth-order valence-electron chi connectivity index (χ4n) is 1.96. The normalized spacial score (nSPS) is 46.2. The Balaban J connectivity index is 2.00. The highest BCUT2D eigenvalue weighted by atomic mass is 16.6. The first-order valence-electron chi connectivity index (χ1n) is 4.91. The van der Waals surface area contributed by atoms with Crippen LogP contribution in [0, 0.1) is 11.8 Å². The molecule has 72 valence electrons. The summed E-state index contributed by atoms with van der Waals surface area (Å²) < 4.78 is 5.42. The maximum absolute atomic E-state index is 9.48. The lowest BCUT2D eigenvalue weighted by atomic mass is 9.84. The van der Waals surface area contributed by atoms with E-state index in [-0.39, 0.29) is 6.10 Å². The summed E-state index contributed by atoms with van der Waals surface area (Å²) in [6, 6.07) is 0. The van der Waals surface area contributed by atoms with Crippen molar-refractivity contribution in [2.45, 2.75) is 32.5 Å². The Labute approximate surface area is 78.9 Å². The third kappa shape index (κ3) is 1.63. The second-order valence-electron chi connectivity index (χ2n) is 3.98. The molecule has 0 spiro atoms. The molecule has 1 heterocycles. The fraction of sp³-hybridized carbons (Fsp3) is 0.636. The van der Waals surface area contributed by atoms with E-state index in [1.165, 1.54) is 0 Å². The van der Waals surface area contributed by atoms with E-state index in [2.05, 4.69) is 13.0 Å². The van der Waals surface area contributed by atoms with E-state index in [1.807, 2.05) is 19.1 Å². The van der Waals surface area contributed by atoms with Crippen molar-refractivity contribution in [2.75, 3.05) is 0 Å². The van der Waals surface area contributed by atoms with E-state index < -0.39 is 0 Å². The van der Waals surface area contributed by atoms with Crippen LogP contribution in [0.3, 0.4) is 0 Å². The van der Waals surface area contributed by atoms with Gasteiger partial charge in [-0.25, -0.2) is 0 Å². The maximum Gasteiger partial charge on any atom is 0.161 e. The number of aliphatic hydroxyl groups excluding tert-OH is 1. The Bertz CT molecular complexity index is 255. The lowest BCUT2D eigenvalue weighted by Crippen LogP contribution is -2.24. The third-order valence-electron chi connectivity index (χ3n) is 2.94. The predicted molar refractivity (Wildman–Crippen MR) is 51.0 cm³/mol. The molecule has 13 heavy (non-hydrogen) atoms. The van der Waals surface area contributed by atoms with Crippen molar-refractivity contribution in [3.8, 4) is 0 Å².